The van der Waals surface area contributed by atoms with Crippen LogP contribution in [0.3, 0.4) is 0 Å². The first-order valence-corrected chi connectivity index (χ1v) is 6.23. The van der Waals surface area contributed by atoms with Crippen molar-refractivity contribution >= 4 is 0 Å². The second-order valence-electron chi connectivity index (χ2n) is 4.66. The van der Waals surface area contributed by atoms with Crippen molar-refractivity contribution < 1.29 is 0 Å². The number of hydrogen-bond donors (Lipinski definition) is 1. The molecule has 0 bridgehead atoms. The van der Waals surface area contributed by atoms with Crippen LogP contribution in [-0.4, -0.2) is 30.6 Å². The van der Waals surface area contributed by atoms with Crippen LogP contribution in [0.2, 0.25) is 0 Å². The van der Waals surface area contributed by atoms with E-state index in [0.29, 0.717) is 6.04 Å². The van der Waals surface area contributed by atoms with Gasteiger partial charge in [-0.15, -0.1) is 0 Å². The first-order valence-electron chi connectivity index (χ1n) is 6.23. The van der Waals surface area contributed by atoms with E-state index in [-0.39, 0.29) is 0 Å². The number of aromatic nitrogens is 5. The molecule has 0 spiro atoms. The highest BCUT2D eigenvalue weighted by Crippen LogP contribution is 2.00. The predicted molar refractivity (Wildman–Crippen MR) is 68.9 cm³/mol. The van der Waals surface area contributed by atoms with Gasteiger partial charge in [0.25, 0.3) is 0 Å². The molecule has 18 heavy (non-hydrogen) atoms. The van der Waals surface area contributed by atoms with Crippen LogP contribution in [0, 0.1) is 0 Å². The van der Waals surface area contributed by atoms with E-state index >= 15 is 0 Å². The average Bonchev–Trinajstić information content (AvgIpc) is 2.93. The molecule has 0 unspecified atom stereocenters. The molecular weight excluding hydrogens is 228 g/mol. The molecule has 0 aliphatic carbocycles. The number of hydrogen-bond acceptors (Lipinski definition) is 4. The average molecular weight is 248 g/mol. The molecule has 0 saturated carbocycles. The molecule has 2 aromatic heterocycles. The fraction of sp³-hybridized carbons (Fsp3) is 0.583. The van der Waals surface area contributed by atoms with E-state index in [1.54, 1.807) is 6.33 Å². The summed E-state index contributed by atoms with van der Waals surface area (Å²) in [6.45, 7) is 5.77. The van der Waals surface area contributed by atoms with Crippen molar-refractivity contribution in [2.24, 2.45) is 7.05 Å². The van der Waals surface area contributed by atoms with Gasteiger partial charge in [-0.1, -0.05) is 13.8 Å². The molecule has 1 N–H and O–H groups in total. The Morgan fingerprint density at radius 3 is 2.89 bits per heavy atom. The molecule has 0 atom stereocenters. The topological polar surface area (TPSA) is 60.6 Å². The van der Waals surface area contributed by atoms with Crippen molar-refractivity contribution in [1.29, 1.82) is 0 Å². The summed E-state index contributed by atoms with van der Waals surface area (Å²) in [5.41, 5.74) is 1.20. The Morgan fingerprint density at radius 1 is 1.39 bits per heavy atom. The lowest BCUT2D eigenvalue weighted by Crippen LogP contribution is -2.22. The Labute approximate surface area is 107 Å². The van der Waals surface area contributed by atoms with E-state index in [4.69, 9.17) is 0 Å². The van der Waals surface area contributed by atoms with Gasteiger partial charge in [-0.3, -0.25) is 9.36 Å². The van der Waals surface area contributed by atoms with Gasteiger partial charge in [-0.25, -0.2) is 4.98 Å². The Morgan fingerprint density at radius 2 is 2.22 bits per heavy atom. The van der Waals surface area contributed by atoms with Gasteiger partial charge in [0.15, 0.2) is 5.82 Å². The third kappa shape index (κ3) is 3.40. The van der Waals surface area contributed by atoms with E-state index < -0.39 is 0 Å². The fourth-order valence-corrected chi connectivity index (χ4v) is 1.69. The molecular formula is C12H20N6. The molecule has 0 amide bonds. The summed E-state index contributed by atoms with van der Waals surface area (Å²) in [5, 5.41) is 11.9. The standard InChI is InChI=1S/C12H20N6/c1-10(2)13-8-12-14-9-18(16-12)7-5-11-4-6-15-17(11)3/h4,6,9-10,13H,5,7-8H2,1-3H3. The number of rotatable bonds is 6. The lowest BCUT2D eigenvalue weighted by molar-refractivity contribution is 0.550. The molecule has 2 rings (SSSR count). The van der Waals surface area contributed by atoms with Gasteiger partial charge in [0, 0.05) is 37.9 Å². The van der Waals surface area contributed by atoms with Crippen LogP contribution in [0.5, 0.6) is 0 Å². The minimum absolute atomic E-state index is 0.450. The van der Waals surface area contributed by atoms with Gasteiger partial charge in [0.1, 0.15) is 6.33 Å². The molecule has 6 heteroatoms. The number of aryl methyl sites for hydroxylation is 3. The third-order valence-corrected chi connectivity index (χ3v) is 2.77. The minimum Gasteiger partial charge on any atom is -0.308 e. The molecule has 0 aliphatic rings. The van der Waals surface area contributed by atoms with E-state index in [2.05, 4.69) is 34.3 Å². The second-order valence-corrected chi connectivity index (χ2v) is 4.66. The summed E-state index contributed by atoms with van der Waals surface area (Å²) >= 11 is 0. The summed E-state index contributed by atoms with van der Waals surface area (Å²) in [4.78, 5) is 4.28. The normalized spacial score (nSPS) is 11.3. The highest BCUT2D eigenvalue weighted by molar-refractivity contribution is 4.99. The van der Waals surface area contributed by atoms with Crippen LogP contribution in [0.1, 0.15) is 25.4 Å². The Kier molecular flexibility index (Phi) is 4.09. The van der Waals surface area contributed by atoms with Gasteiger partial charge >= 0.3 is 0 Å². The van der Waals surface area contributed by atoms with Crippen LogP contribution < -0.4 is 5.32 Å². The SMILES string of the molecule is CC(C)NCc1ncn(CCc2ccnn2C)n1. The van der Waals surface area contributed by atoms with Crippen molar-refractivity contribution in [3.8, 4) is 0 Å². The molecule has 0 saturated heterocycles. The predicted octanol–water partition coefficient (Wildman–Crippen LogP) is 0.752. The monoisotopic (exact) mass is 248 g/mol. The first kappa shape index (κ1) is 12.8. The summed E-state index contributed by atoms with van der Waals surface area (Å²) in [6.07, 6.45) is 4.51. The smallest absolute Gasteiger partial charge is 0.164 e. The highest BCUT2D eigenvalue weighted by atomic mass is 15.3. The molecule has 2 heterocycles. The largest absolute Gasteiger partial charge is 0.308 e. The lowest BCUT2D eigenvalue weighted by Gasteiger charge is -2.04. The van der Waals surface area contributed by atoms with E-state index in [1.165, 1.54) is 5.69 Å². The molecule has 0 aromatic carbocycles. The van der Waals surface area contributed by atoms with Gasteiger partial charge in [-0.2, -0.15) is 10.2 Å². The van der Waals surface area contributed by atoms with Crippen molar-refractivity contribution in [3.05, 3.63) is 30.1 Å². The molecule has 0 aliphatic heterocycles. The lowest BCUT2D eigenvalue weighted by atomic mass is 10.3. The zero-order chi connectivity index (χ0) is 13.0. The van der Waals surface area contributed by atoms with Gasteiger partial charge in [0.2, 0.25) is 0 Å². The van der Waals surface area contributed by atoms with Crippen LogP contribution in [0.4, 0.5) is 0 Å². The molecule has 0 radical (unpaired) electrons. The maximum atomic E-state index is 4.42. The highest BCUT2D eigenvalue weighted by Gasteiger charge is 2.03. The molecule has 0 fully saturated rings. The van der Waals surface area contributed by atoms with Crippen LogP contribution in [0.15, 0.2) is 18.6 Å². The second kappa shape index (κ2) is 5.77. The summed E-state index contributed by atoms with van der Waals surface area (Å²) < 4.78 is 3.77. The van der Waals surface area contributed by atoms with E-state index in [9.17, 15) is 0 Å². The summed E-state index contributed by atoms with van der Waals surface area (Å²) in [6, 6.07) is 2.48. The van der Waals surface area contributed by atoms with Gasteiger partial charge in [-0.05, 0) is 6.07 Å². The van der Waals surface area contributed by atoms with Crippen molar-refractivity contribution in [1.82, 2.24) is 29.9 Å². The third-order valence-electron chi connectivity index (χ3n) is 2.77. The number of nitrogens with one attached hydrogen (secondary N) is 1. The van der Waals surface area contributed by atoms with Crippen molar-refractivity contribution in [3.63, 3.8) is 0 Å². The molecule has 98 valence electrons. The Bertz CT molecular complexity index is 484. The van der Waals surface area contributed by atoms with E-state index in [1.807, 2.05) is 28.7 Å². The first-order chi connectivity index (χ1) is 8.65. The quantitative estimate of drug-likeness (QED) is 0.819. The van der Waals surface area contributed by atoms with Gasteiger partial charge < -0.3 is 5.32 Å². The number of nitrogens with zero attached hydrogens (tertiary/aromatic N) is 5. The maximum absolute atomic E-state index is 4.42. The van der Waals surface area contributed by atoms with Gasteiger partial charge in [0.05, 0.1) is 6.54 Å². The van der Waals surface area contributed by atoms with Crippen LogP contribution in [0.25, 0.3) is 0 Å². The van der Waals surface area contributed by atoms with Crippen LogP contribution >= 0.6 is 0 Å². The Balaban J connectivity index is 1.85. The summed E-state index contributed by atoms with van der Waals surface area (Å²) in [5.74, 6) is 0.841. The maximum Gasteiger partial charge on any atom is 0.164 e. The molecule has 2 aromatic rings. The van der Waals surface area contributed by atoms with Crippen LogP contribution in [-0.2, 0) is 26.6 Å². The van der Waals surface area contributed by atoms with Crippen molar-refractivity contribution in [2.45, 2.75) is 39.4 Å². The minimum atomic E-state index is 0.450. The zero-order valence-electron chi connectivity index (χ0n) is 11.2. The summed E-state index contributed by atoms with van der Waals surface area (Å²) in [7, 11) is 1.95. The zero-order valence-corrected chi connectivity index (χ0v) is 11.2. The molecule has 6 nitrogen and oxygen atoms in total. The Hall–Kier alpha value is -1.69. The van der Waals surface area contributed by atoms with Crippen molar-refractivity contribution in [2.75, 3.05) is 0 Å². The fourth-order valence-electron chi connectivity index (χ4n) is 1.69. The van der Waals surface area contributed by atoms with E-state index in [0.717, 1.165) is 25.3 Å².